The van der Waals surface area contributed by atoms with Crippen LogP contribution in [0.5, 0.6) is 0 Å². The zero-order valence-corrected chi connectivity index (χ0v) is 35.4. The lowest BCUT2D eigenvalue weighted by atomic mass is 9.93. The summed E-state index contributed by atoms with van der Waals surface area (Å²) in [5.41, 5.74) is 5.19. The molecule has 318 valence electrons. The lowest BCUT2D eigenvalue weighted by Gasteiger charge is -2.31. The first-order valence-corrected chi connectivity index (χ1v) is 21.4. The number of hydrogen-bond acceptors (Lipinski definition) is 9. The number of fused-ring (bicyclic) bond motifs is 2. The Morgan fingerprint density at radius 3 is 1.87 bits per heavy atom. The monoisotopic (exact) mass is 819 g/mol. The van der Waals surface area contributed by atoms with E-state index in [0.717, 1.165) is 107 Å². The van der Waals surface area contributed by atoms with Crippen molar-refractivity contribution in [2.24, 2.45) is 11.8 Å². The second-order valence-corrected chi connectivity index (χ2v) is 15.9. The van der Waals surface area contributed by atoms with Gasteiger partial charge in [0.15, 0.2) is 0 Å². The van der Waals surface area contributed by atoms with E-state index in [0.29, 0.717) is 13.1 Å². The second kappa shape index (κ2) is 18.5. The fraction of sp³-hybridized carbons (Fsp3) is 0.489. The molecule has 2 aliphatic rings. The molecule has 2 fully saturated rings. The highest BCUT2D eigenvalue weighted by Crippen LogP contribution is 2.36. The number of aromatic amines is 2. The van der Waals surface area contributed by atoms with Gasteiger partial charge in [0.1, 0.15) is 23.7 Å². The first kappa shape index (κ1) is 42.1. The number of carbonyl (C=O) groups excluding carboxylic acids is 4. The Morgan fingerprint density at radius 2 is 1.28 bits per heavy atom. The summed E-state index contributed by atoms with van der Waals surface area (Å²) in [6, 6.07) is 12.5. The van der Waals surface area contributed by atoms with E-state index in [2.05, 4.69) is 44.9 Å². The maximum absolute atomic E-state index is 14.0. The van der Waals surface area contributed by atoms with Crippen LogP contribution in [0.2, 0.25) is 0 Å². The van der Waals surface area contributed by atoms with Crippen LogP contribution in [0.1, 0.15) is 103 Å². The molecule has 0 aliphatic carbocycles. The molecule has 15 nitrogen and oxygen atoms in total. The number of ether oxygens (including phenoxy) is 2. The number of likely N-dealkylation sites (tertiary alicyclic amines) is 2. The Bertz CT molecular complexity index is 2330. The number of nitrogens with zero attached hydrogens (tertiary/aromatic N) is 5. The summed E-state index contributed by atoms with van der Waals surface area (Å²) in [4.78, 5) is 77.5. The minimum Gasteiger partial charge on any atom is -0.453 e. The Balaban J connectivity index is 1.07. The van der Waals surface area contributed by atoms with Crippen LogP contribution in [0.25, 0.3) is 44.3 Å². The molecular weight excluding hydrogens is 763 g/mol. The zero-order chi connectivity index (χ0) is 42.5. The Labute approximate surface area is 350 Å². The van der Waals surface area contributed by atoms with Crippen LogP contribution < -0.4 is 10.6 Å². The van der Waals surface area contributed by atoms with Crippen molar-refractivity contribution in [1.29, 1.82) is 0 Å². The van der Waals surface area contributed by atoms with Gasteiger partial charge in [0.05, 0.1) is 54.9 Å². The minimum atomic E-state index is -0.673. The van der Waals surface area contributed by atoms with Crippen LogP contribution in [0.15, 0.2) is 54.9 Å². The molecule has 4 N–H and O–H groups in total. The van der Waals surface area contributed by atoms with Crippen molar-refractivity contribution in [3.05, 3.63) is 66.5 Å². The number of imidazole rings is 2. The van der Waals surface area contributed by atoms with E-state index in [1.165, 1.54) is 14.2 Å². The Kier molecular flexibility index (Phi) is 13.0. The van der Waals surface area contributed by atoms with Crippen LogP contribution in [0.4, 0.5) is 9.59 Å². The predicted molar refractivity (Wildman–Crippen MR) is 229 cm³/mol. The zero-order valence-electron chi connectivity index (χ0n) is 35.4. The van der Waals surface area contributed by atoms with E-state index in [1.54, 1.807) is 0 Å². The lowest BCUT2D eigenvalue weighted by molar-refractivity contribution is -0.136. The summed E-state index contributed by atoms with van der Waals surface area (Å²) < 4.78 is 9.72. The largest absolute Gasteiger partial charge is 0.453 e. The smallest absolute Gasteiger partial charge is 0.407 e. The van der Waals surface area contributed by atoms with Crippen LogP contribution in [-0.4, -0.2) is 98.1 Å². The van der Waals surface area contributed by atoms with E-state index >= 15 is 0 Å². The van der Waals surface area contributed by atoms with Crippen molar-refractivity contribution in [1.82, 2.24) is 45.4 Å². The van der Waals surface area contributed by atoms with Crippen molar-refractivity contribution in [3.8, 4) is 22.5 Å². The Morgan fingerprint density at radius 1 is 0.700 bits per heavy atom. The van der Waals surface area contributed by atoms with Crippen molar-refractivity contribution < 1.29 is 28.7 Å². The van der Waals surface area contributed by atoms with E-state index in [4.69, 9.17) is 24.4 Å². The number of nitrogens with one attached hydrogen (secondary N) is 4. The number of hydrogen-bond donors (Lipinski definition) is 4. The number of aromatic nitrogens is 5. The van der Waals surface area contributed by atoms with Crippen molar-refractivity contribution >= 4 is 45.8 Å². The highest BCUT2D eigenvalue weighted by molar-refractivity contribution is 5.91. The maximum Gasteiger partial charge on any atom is 0.407 e. The topological polar surface area (TPSA) is 188 Å². The van der Waals surface area contributed by atoms with Crippen LogP contribution in [0, 0.1) is 11.8 Å². The fourth-order valence-corrected chi connectivity index (χ4v) is 9.11. The molecule has 7 rings (SSSR count). The molecule has 3 aromatic heterocycles. The van der Waals surface area contributed by atoms with Gasteiger partial charge in [-0.2, -0.15) is 0 Å². The normalized spacial score (nSPS) is 17.7. The number of pyridine rings is 1. The second-order valence-electron chi connectivity index (χ2n) is 15.9. The standard InChI is InChI=1S/C45H57N9O6/c1-7-26(8-2)38(51-44(57)59-5)42(55)53-19-11-13-36(53)40-47-25-35(50-40)29-16-15-28-22-33(46-24-31(28)21-29)30-17-18-32-34(23-30)49-41(48-32)37-14-12-20-54(37)43(56)39(27(9-3)10-4)52-45(58)60-6/h15-18,21-27,36-39H,7-14,19-20H2,1-6H3,(H,47,50)(H,48,49)(H,51,57)(H,52,58)/t36-,37-,38-,39-/m0/s1. The third-order valence-electron chi connectivity index (χ3n) is 12.6. The molecule has 4 amide bonds. The van der Waals surface area contributed by atoms with Gasteiger partial charge in [-0.1, -0.05) is 71.6 Å². The van der Waals surface area contributed by atoms with Crippen LogP contribution in [-0.2, 0) is 19.1 Å². The number of rotatable bonds is 14. The summed E-state index contributed by atoms with van der Waals surface area (Å²) in [7, 11) is 2.62. The van der Waals surface area contributed by atoms with Crippen molar-refractivity contribution in [3.63, 3.8) is 0 Å². The van der Waals surface area contributed by atoms with E-state index in [-0.39, 0.29) is 35.7 Å². The summed E-state index contributed by atoms with van der Waals surface area (Å²) in [6.45, 7) is 9.29. The minimum absolute atomic E-state index is 0.0120. The number of benzene rings is 2. The summed E-state index contributed by atoms with van der Waals surface area (Å²) in [6.07, 6.45) is 8.70. The van der Waals surface area contributed by atoms with Gasteiger partial charge in [0.2, 0.25) is 11.8 Å². The molecule has 60 heavy (non-hydrogen) atoms. The molecule has 2 saturated heterocycles. The van der Waals surface area contributed by atoms with Gasteiger partial charge < -0.3 is 39.9 Å². The van der Waals surface area contributed by atoms with Gasteiger partial charge in [-0.3, -0.25) is 14.6 Å². The Hall–Kier alpha value is -5.99. The van der Waals surface area contributed by atoms with Gasteiger partial charge in [-0.15, -0.1) is 0 Å². The highest BCUT2D eigenvalue weighted by Gasteiger charge is 2.40. The maximum atomic E-state index is 14.0. The molecule has 5 aromatic rings. The van der Waals surface area contributed by atoms with Gasteiger partial charge in [0.25, 0.3) is 0 Å². The van der Waals surface area contributed by atoms with Crippen LogP contribution >= 0.6 is 0 Å². The fourth-order valence-electron chi connectivity index (χ4n) is 9.11. The van der Waals surface area contributed by atoms with E-state index in [1.807, 2.05) is 68.1 Å². The molecule has 5 heterocycles. The number of methoxy groups -OCH3 is 2. The van der Waals surface area contributed by atoms with Gasteiger partial charge in [0, 0.05) is 35.8 Å². The molecule has 2 aromatic carbocycles. The molecule has 0 unspecified atom stereocenters. The number of carbonyl (C=O) groups is 4. The third-order valence-corrected chi connectivity index (χ3v) is 12.6. The third kappa shape index (κ3) is 8.52. The number of amides is 4. The van der Waals surface area contributed by atoms with Gasteiger partial charge in [-0.05, 0) is 67.2 Å². The summed E-state index contributed by atoms with van der Waals surface area (Å²) in [5, 5.41) is 7.60. The van der Waals surface area contributed by atoms with E-state index < -0.39 is 24.3 Å². The van der Waals surface area contributed by atoms with E-state index in [9.17, 15) is 19.2 Å². The molecule has 4 atom stereocenters. The number of alkyl carbamates (subject to hydrolysis) is 2. The molecule has 15 heteroatoms. The van der Waals surface area contributed by atoms with Crippen LogP contribution in [0.3, 0.4) is 0 Å². The predicted octanol–water partition coefficient (Wildman–Crippen LogP) is 7.82. The lowest BCUT2D eigenvalue weighted by Crippen LogP contribution is -2.52. The molecule has 0 radical (unpaired) electrons. The van der Waals surface area contributed by atoms with Crippen molar-refractivity contribution in [2.45, 2.75) is 103 Å². The molecular formula is C45H57N9O6. The average Bonchev–Trinajstić information content (AvgIpc) is 4.12. The van der Waals surface area contributed by atoms with Gasteiger partial charge >= 0.3 is 12.2 Å². The highest BCUT2D eigenvalue weighted by atomic mass is 16.5. The van der Waals surface area contributed by atoms with Gasteiger partial charge in [-0.25, -0.2) is 19.6 Å². The first-order chi connectivity index (χ1) is 29.1. The molecule has 0 saturated carbocycles. The van der Waals surface area contributed by atoms with Crippen molar-refractivity contribution in [2.75, 3.05) is 27.3 Å². The SMILES string of the molecule is CCC(CC)[C@H](NC(=O)OC)C(=O)N1CCC[C@H]1c1ncc(-c2ccc3cc(-c4ccc5nc([C@@H]6CCCN6C(=O)[C@@H](NC(=O)OC)C(CC)CC)[nH]c5c4)ncc3c2)[nH]1. The average molecular weight is 820 g/mol. The quantitative estimate of drug-likeness (QED) is 0.0867. The molecule has 0 spiro atoms. The molecule has 0 bridgehead atoms. The molecule has 2 aliphatic heterocycles. The summed E-state index contributed by atoms with van der Waals surface area (Å²) >= 11 is 0. The number of H-pyrrole nitrogens is 2. The summed E-state index contributed by atoms with van der Waals surface area (Å²) in [5.74, 6) is 1.19. The first-order valence-electron chi connectivity index (χ1n) is 21.4.